The Morgan fingerprint density at radius 2 is 1.93 bits per heavy atom. The zero-order valence-electron chi connectivity index (χ0n) is 25.0. The van der Waals surface area contributed by atoms with Crippen molar-refractivity contribution in [3.05, 3.63) is 40.6 Å². The van der Waals surface area contributed by atoms with Gasteiger partial charge in [-0.3, -0.25) is 19.3 Å². The molecule has 6 aliphatic rings. The summed E-state index contributed by atoms with van der Waals surface area (Å²) in [6, 6.07) is 6.68. The molecule has 5 atom stereocenters. The largest absolute Gasteiger partial charge is 0.492 e. The maximum atomic E-state index is 14.5. The third-order valence-electron chi connectivity index (χ3n) is 10.5. The first-order valence-electron chi connectivity index (χ1n) is 16.3. The molecule has 3 amide bonds. The van der Waals surface area contributed by atoms with Crippen LogP contribution in [0.1, 0.15) is 95.8 Å². The van der Waals surface area contributed by atoms with Crippen molar-refractivity contribution in [1.29, 1.82) is 5.26 Å². The fourth-order valence-electron chi connectivity index (χ4n) is 8.14. The van der Waals surface area contributed by atoms with E-state index in [-0.39, 0.29) is 35.7 Å². The third-order valence-corrected chi connectivity index (χ3v) is 10.5. The highest BCUT2D eigenvalue weighted by atomic mass is 16.5. The number of hydrogen-bond donors (Lipinski definition) is 1. The molecule has 11 heteroatoms. The Labute approximate surface area is 256 Å². The van der Waals surface area contributed by atoms with Crippen LogP contribution in [0.25, 0.3) is 0 Å². The van der Waals surface area contributed by atoms with E-state index in [2.05, 4.69) is 11.4 Å². The number of anilines is 1. The zero-order valence-corrected chi connectivity index (χ0v) is 25.0. The number of aromatic nitrogens is 2. The second-order valence-corrected chi connectivity index (χ2v) is 13.2. The van der Waals surface area contributed by atoms with Gasteiger partial charge >= 0.3 is 0 Å². The van der Waals surface area contributed by atoms with Crippen molar-refractivity contribution in [3.8, 4) is 11.8 Å². The monoisotopic (exact) mass is 598 g/mol. The van der Waals surface area contributed by atoms with Crippen LogP contribution in [0.15, 0.2) is 18.2 Å². The van der Waals surface area contributed by atoms with Crippen LogP contribution < -0.4 is 15.0 Å². The van der Waals surface area contributed by atoms with E-state index in [4.69, 9.17) is 14.6 Å². The summed E-state index contributed by atoms with van der Waals surface area (Å²) >= 11 is 0. The molecule has 11 nitrogen and oxygen atoms in total. The molecule has 0 bridgehead atoms. The molecular formula is C33H38N6O5. The molecule has 4 fully saturated rings. The van der Waals surface area contributed by atoms with Crippen LogP contribution in [-0.2, 0) is 16.0 Å². The van der Waals surface area contributed by atoms with Crippen molar-refractivity contribution in [2.45, 2.75) is 88.4 Å². The van der Waals surface area contributed by atoms with Crippen LogP contribution in [0.4, 0.5) is 5.82 Å². The van der Waals surface area contributed by atoms with Crippen molar-refractivity contribution < 1.29 is 23.9 Å². The molecule has 1 aromatic carbocycles. The number of ether oxygens (including phenoxy) is 2. The van der Waals surface area contributed by atoms with E-state index in [1.807, 2.05) is 23.7 Å². The summed E-state index contributed by atoms with van der Waals surface area (Å²) in [5.41, 5.74) is 2.52. The van der Waals surface area contributed by atoms with Gasteiger partial charge in [0.25, 0.3) is 17.7 Å². The van der Waals surface area contributed by atoms with Gasteiger partial charge in [-0.1, -0.05) is 12.1 Å². The van der Waals surface area contributed by atoms with Gasteiger partial charge in [-0.15, -0.1) is 0 Å². The van der Waals surface area contributed by atoms with Gasteiger partial charge in [-0.2, -0.15) is 10.4 Å². The van der Waals surface area contributed by atoms with Gasteiger partial charge in [0.2, 0.25) is 0 Å². The summed E-state index contributed by atoms with van der Waals surface area (Å²) < 4.78 is 13.5. The number of aryl methyl sites for hydroxylation is 1. The molecule has 2 aliphatic carbocycles. The molecule has 5 heterocycles. The van der Waals surface area contributed by atoms with Crippen LogP contribution >= 0.6 is 0 Å². The number of rotatable bonds is 6. The molecule has 2 saturated heterocycles. The number of para-hydroxylation sites is 1. The lowest BCUT2D eigenvalue weighted by atomic mass is 9.82. The van der Waals surface area contributed by atoms with E-state index in [1.165, 1.54) is 0 Å². The lowest BCUT2D eigenvalue weighted by molar-refractivity contribution is -0.121. The highest BCUT2D eigenvalue weighted by molar-refractivity contribution is 6.07. The van der Waals surface area contributed by atoms with Gasteiger partial charge in [0.1, 0.15) is 23.7 Å². The van der Waals surface area contributed by atoms with Crippen LogP contribution in [0.3, 0.4) is 0 Å². The molecule has 0 spiro atoms. The van der Waals surface area contributed by atoms with Crippen molar-refractivity contribution in [1.82, 2.24) is 20.0 Å². The number of nitriles is 1. The number of hydrogen-bond acceptors (Lipinski definition) is 7. The quantitative estimate of drug-likeness (QED) is 0.540. The predicted molar refractivity (Wildman–Crippen MR) is 158 cm³/mol. The Morgan fingerprint density at radius 1 is 1.11 bits per heavy atom. The number of benzene rings is 1. The first-order valence-corrected chi connectivity index (χ1v) is 16.3. The summed E-state index contributed by atoms with van der Waals surface area (Å²) in [4.78, 5) is 46.3. The molecule has 1 aromatic heterocycles. The molecule has 1 N–H and O–H groups in total. The summed E-state index contributed by atoms with van der Waals surface area (Å²) in [6.45, 7) is 4.02. The molecular weight excluding hydrogens is 560 g/mol. The number of carbonyl (C=O) groups is 3. The molecule has 4 aliphatic heterocycles. The SMILES string of the molecule is CCN1C(=O)[C@@H](NC(=O)c2cccc3c2OCCC3)[C@@H](C2CC2)c2c(C(=O)N3[C@H](C#N)C[C@H]4C[C@H]43)nn(C3CCOCC3)c21. The number of likely N-dealkylation sites (tertiary alicyclic amines) is 1. The number of nitrogens with one attached hydrogen (secondary N) is 1. The van der Waals surface area contributed by atoms with E-state index < -0.39 is 18.0 Å². The Kier molecular flexibility index (Phi) is 6.67. The Balaban J connectivity index is 1.23. The van der Waals surface area contributed by atoms with Gasteiger partial charge in [0.15, 0.2) is 5.69 Å². The van der Waals surface area contributed by atoms with Crippen LogP contribution in [0.2, 0.25) is 0 Å². The second kappa shape index (κ2) is 10.6. The maximum absolute atomic E-state index is 14.5. The lowest BCUT2D eigenvalue weighted by Crippen LogP contribution is -2.56. The molecule has 0 unspecified atom stereocenters. The van der Waals surface area contributed by atoms with E-state index in [0.29, 0.717) is 61.5 Å². The zero-order chi connectivity index (χ0) is 30.1. The fraction of sp³-hybridized carbons (Fsp3) is 0.606. The van der Waals surface area contributed by atoms with E-state index >= 15 is 0 Å². The maximum Gasteiger partial charge on any atom is 0.276 e. The lowest BCUT2D eigenvalue weighted by Gasteiger charge is -2.39. The number of fused-ring (bicyclic) bond motifs is 3. The van der Waals surface area contributed by atoms with Gasteiger partial charge in [0.05, 0.1) is 24.3 Å². The highest BCUT2D eigenvalue weighted by Gasteiger charge is 2.57. The summed E-state index contributed by atoms with van der Waals surface area (Å²) in [6.07, 6.45) is 6.64. The minimum atomic E-state index is -0.847. The molecule has 2 saturated carbocycles. The Bertz CT molecular complexity index is 1570. The summed E-state index contributed by atoms with van der Waals surface area (Å²) in [5, 5.41) is 18.1. The second-order valence-electron chi connectivity index (χ2n) is 13.2. The Hall–Kier alpha value is -3.91. The minimum Gasteiger partial charge on any atom is -0.492 e. The normalized spacial score (nSPS) is 29.3. The van der Waals surface area contributed by atoms with Crippen LogP contribution in [0.5, 0.6) is 5.75 Å². The average molecular weight is 599 g/mol. The van der Waals surface area contributed by atoms with Gasteiger partial charge in [-0.25, -0.2) is 4.68 Å². The molecule has 230 valence electrons. The van der Waals surface area contributed by atoms with Crippen molar-refractivity contribution >= 4 is 23.5 Å². The van der Waals surface area contributed by atoms with Crippen molar-refractivity contribution in [2.24, 2.45) is 11.8 Å². The number of piperidine rings is 1. The van der Waals surface area contributed by atoms with Gasteiger partial charge in [0, 0.05) is 37.3 Å². The average Bonchev–Trinajstić information content (AvgIpc) is 3.98. The van der Waals surface area contributed by atoms with E-state index in [0.717, 1.165) is 56.1 Å². The fourth-order valence-corrected chi connectivity index (χ4v) is 8.14. The molecule has 2 aromatic rings. The molecule has 44 heavy (non-hydrogen) atoms. The first-order chi connectivity index (χ1) is 21.5. The topological polar surface area (TPSA) is 130 Å². The minimum absolute atomic E-state index is 0.0149. The Morgan fingerprint density at radius 3 is 2.68 bits per heavy atom. The number of amides is 3. The number of carbonyl (C=O) groups excluding carboxylic acids is 3. The first kappa shape index (κ1) is 27.6. The predicted octanol–water partition coefficient (Wildman–Crippen LogP) is 3.34. The highest BCUT2D eigenvalue weighted by Crippen LogP contribution is 2.54. The van der Waals surface area contributed by atoms with Gasteiger partial charge in [-0.05, 0) is 81.8 Å². The summed E-state index contributed by atoms with van der Waals surface area (Å²) in [5.74, 6) is 0.635. The van der Waals surface area contributed by atoms with Crippen molar-refractivity contribution in [3.63, 3.8) is 0 Å². The van der Waals surface area contributed by atoms with Crippen LogP contribution in [0, 0.1) is 23.2 Å². The standard InChI is InChI=1S/C33H38N6O5/c1-2-37-31-26(28(36-39(31)21-10-13-43-14-11-21)33(42)38-22(17-34)15-20-16-24(20)38)25(18-8-9-18)27(32(37)41)35-30(40)23-7-3-5-19-6-4-12-44-29(19)23/h3,5,7,18,20-22,24-25,27H,2,4,6,8-16H2,1H3,(H,35,40)/t20-,22-,24+,25-,27-/m0/s1. The molecule has 0 radical (unpaired) electrons. The van der Waals surface area contributed by atoms with E-state index in [9.17, 15) is 19.6 Å². The summed E-state index contributed by atoms with van der Waals surface area (Å²) in [7, 11) is 0. The number of likely N-dealkylation sites (N-methyl/N-ethyl adjacent to an activating group) is 1. The smallest absolute Gasteiger partial charge is 0.276 e. The van der Waals surface area contributed by atoms with Crippen LogP contribution in [-0.4, -0.2) is 76.9 Å². The van der Waals surface area contributed by atoms with Gasteiger partial charge < -0.3 is 19.7 Å². The third kappa shape index (κ3) is 4.32. The molecule has 8 rings (SSSR count). The van der Waals surface area contributed by atoms with Crippen molar-refractivity contribution in [2.75, 3.05) is 31.3 Å². The number of nitrogens with zero attached hydrogens (tertiary/aromatic N) is 5. The van der Waals surface area contributed by atoms with E-state index in [1.54, 1.807) is 15.9 Å².